The van der Waals surface area contributed by atoms with E-state index in [1.54, 1.807) is 0 Å². The number of carboxylic acids is 1. The summed E-state index contributed by atoms with van der Waals surface area (Å²) in [5.41, 5.74) is -0.116. The second-order valence-corrected chi connectivity index (χ2v) is 3.64. The van der Waals surface area contributed by atoms with E-state index in [1.165, 1.54) is 6.92 Å². The van der Waals surface area contributed by atoms with Gasteiger partial charge in [-0.1, -0.05) is 0 Å². The van der Waals surface area contributed by atoms with Gasteiger partial charge in [-0.15, -0.1) is 4.68 Å². The molecule has 0 saturated heterocycles. The maximum Gasteiger partial charge on any atom is 0.390 e. The Labute approximate surface area is 105 Å². The summed E-state index contributed by atoms with van der Waals surface area (Å²) in [6.45, 7) is 1.50. The normalized spacial score (nSPS) is 10.4. The molecule has 2 heterocycles. The first-order valence-electron chi connectivity index (χ1n) is 5.00. The summed E-state index contributed by atoms with van der Waals surface area (Å²) in [7, 11) is 0. The van der Waals surface area contributed by atoms with Crippen LogP contribution in [0.3, 0.4) is 0 Å². The molecule has 0 aliphatic heterocycles. The molecule has 0 aliphatic rings. The molecule has 0 unspecified atom stereocenters. The van der Waals surface area contributed by atoms with Crippen molar-refractivity contribution in [2.75, 3.05) is 0 Å². The monoisotopic (exact) mass is 266 g/mol. The minimum Gasteiger partial charge on any atom is -0.478 e. The lowest BCUT2D eigenvalue weighted by molar-refractivity contribution is -0.389. The first kappa shape index (κ1) is 12.6. The van der Waals surface area contributed by atoms with Crippen molar-refractivity contribution in [2.45, 2.75) is 6.92 Å². The summed E-state index contributed by atoms with van der Waals surface area (Å²) in [4.78, 5) is 24.5. The molecule has 0 spiro atoms. The second-order valence-electron chi connectivity index (χ2n) is 3.64. The number of hydrogen-bond acceptors (Lipinski definition) is 5. The van der Waals surface area contributed by atoms with Gasteiger partial charge in [0.05, 0.1) is 23.1 Å². The van der Waals surface area contributed by atoms with Crippen molar-refractivity contribution in [3.8, 4) is 5.82 Å². The zero-order valence-electron chi connectivity index (χ0n) is 9.57. The highest BCUT2D eigenvalue weighted by Crippen LogP contribution is 2.18. The molecule has 1 N–H and O–H groups in total. The number of pyridine rings is 1. The van der Waals surface area contributed by atoms with E-state index in [1.807, 2.05) is 0 Å². The first-order chi connectivity index (χ1) is 8.90. The van der Waals surface area contributed by atoms with Crippen LogP contribution < -0.4 is 0 Å². The van der Waals surface area contributed by atoms with Gasteiger partial charge in [-0.25, -0.2) is 14.2 Å². The van der Waals surface area contributed by atoms with Gasteiger partial charge >= 0.3 is 11.8 Å². The van der Waals surface area contributed by atoms with E-state index in [0.717, 1.165) is 23.0 Å². The van der Waals surface area contributed by atoms with Crippen LogP contribution in [-0.4, -0.2) is 30.8 Å². The van der Waals surface area contributed by atoms with Gasteiger partial charge in [0.1, 0.15) is 11.4 Å². The van der Waals surface area contributed by atoms with Gasteiger partial charge in [-0.05, 0) is 17.9 Å². The molecule has 9 heteroatoms. The van der Waals surface area contributed by atoms with Crippen molar-refractivity contribution in [3.63, 3.8) is 0 Å². The number of aryl methyl sites for hydroxylation is 1. The molecule has 0 aromatic carbocycles. The summed E-state index contributed by atoms with van der Waals surface area (Å²) in [6, 6.07) is 1.94. The average molecular weight is 266 g/mol. The standard InChI is InChI=1S/C10H7FN4O4/c1-5-2-8(15(18)19)13-14(5)9-7(10(16)17)3-6(11)4-12-9/h2-4H,1H3,(H,16,17). The highest BCUT2D eigenvalue weighted by molar-refractivity contribution is 5.91. The largest absolute Gasteiger partial charge is 0.478 e. The lowest BCUT2D eigenvalue weighted by Crippen LogP contribution is -2.11. The van der Waals surface area contributed by atoms with Crippen LogP contribution in [0.5, 0.6) is 0 Å². The number of rotatable bonds is 3. The van der Waals surface area contributed by atoms with E-state index < -0.39 is 28.1 Å². The number of aromatic carboxylic acids is 1. The van der Waals surface area contributed by atoms with E-state index in [-0.39, 0.29) is 5.82 Å². The highest BCUT2D eigenvalue weighted by Gasteiger charge is 2.22. The predicted octanol–water partition coefficient (Wildman–Crippen LogP) is 1.32. The first-order valence-corrected chi connectivity index (χ1v) is 5.00. The Balaban J connectivity index is 2.65. The quantitative estimate of drug-likeness (QED) is 0.662. The summed E-state index contributed by atoms with van der Waals surface area (Å²) < 4.78 is 14.0. The summed E-state index contributed by atoms with van der Waals surface area (Å²) >= 11 is 0. The fourth-order valence-corrected chi connectivity index (χ4v) is 1.52. The predicted molar refractivity (Wildman–Crippen MR) is 59.7 cm³/mol. The fraction of sp³-hybridized carbons (Fsp3) is 0.100. The lowest BCUT2D eigenvalue weighted by Gasteiger charge is -2.03. The smallest absolute Gasteiger partial charge is 0.390 e. The Kier molecular flexibility index (Phi) is 2.95. The van der Waals surface area contributed by atoms with Gasteiger partial charge < -0.3 is 15.2 Å². The summed E-state index contributed by atoms with van der Waals surface area (Å²) in [5, 5.41) is 23.2. The van der Waals surface area contributed by atoms with Crippen LogP contribution in [0.4, 0.5) is 10.2 Å². The molecule has 0 atom stereocenters. The van der Waals surface area contributed by atoms with Crippen LogP contribution in [-0.2, 0) is 0 Å². The van der Waals surface area contributed by atoms with Gasteiger partial charge in [0.25, 0.3) is 0 Å². The SMILES string of the molecule is Cc1cc([N+](=O)[O-])nn1-c1ncc(F)cc1C(=O)O. The number of carboxylic acid groups (broad SMARTS) is 1. The third-order valence-corrected chi connectivity index (χ3v) is 2.33. The van der Waals surface area contributed by atoms with Crippen molar-refractivity contribution in [3.05, 3.63) is 45.5 Å². The number of aromatic nitrogens is 3. The van der Waals surface area contributed by atoms with Gasteiger partial charge in [0, 0.05) is 0 Å². The fourth-order valence-electron chi connectivity index (χ4n) is 1.52. The Hall–Kier alpha value is -2.84. The summed E-state index contributed by atoms with van der Waals surface area (Å²) in [6.07, 6.45) is 0.814. The zero-order chi connectivity index (χ0) is 14.2. The molecule has 19 heavy (non-hydrogen) atoms. The average Bonchev–Trinajstić information content (AvgIpc) is 2.71. The van der Waals surface area contributed by atoms with Gasteiger partial charge in [-0.3, -0.25) is 0 Å². The molecule has 0 aliphatic carbocycles. The molecule has 2 aromatic rings. The van der Waals surface area contributed by atoms with Crippen molar-refractivity contribution in [2.24, 2.45) is 0 Å². The van der Waals surface area contributed by atoms with E-state index in [2.05, 4.69) is 10.1 Å². The number of carbonyl (C=O) groups is 1. The van der Waals surface area contributed by atoms with E-state index >= 15 is 0 Å². The third kappa shape index (κ3) is 2.25. The molecule has 0 amide bonds. The van der Waals surface area contributed by atoms with Crippen LogP contribution in [0.15, 0.2) is 18.3 Å². The number of hydrogen-bond donors (Lipinski definition) is 1. The van der Waals surface area contributed by atoms with Crippen molar-refractivity contribution in [1.29, 1.82) is 0 Å². The van der Waals surface area contributed by atoms with Crippen LogP contribution >= 0.6 is 0 Å². The van der Waals surface area contributed by atoms with Gasteiger partial charge in [0.2, 0.25) is 0 Å². The van der Waals surface area contributed by atoms with Crippen LogP contribution in [0.25, 0.3) is 5.82 Å². The Bertz CT molecular complexity index is 682. The molecule has 0 radical (unpaired) electrons. The van der Waals surface area contributed by atoms with Crippen LogP contribution in [0, 0.1) is 22.9 Å². The van der Waals surface area contributed by atoms with Crippen molar-refractivity contribution < 1.29 is 19.2 Å². The number of nitro groups is 1. The number of halogens is 1. The third-order valence-electron chi connectivity index (χ3n) is 2.33. The molecule has 0 fully saturated rings. The molecule has 98 valence electrons. The molecular formula is C10H7FN4O4. The molecular weight excluding hydrogens is 259 g/mol. The maximum atomic E-state index is 13.0. The minimum atomic E-state index is -1.40. The Morgan fingerprint density at radius 3 is 2.74 bits per heavy atom. The van der Waals surface area contributed by atoms with Crippen molar-refractivity contribution >= 4 is 11.8 Å². The Morgan fingerprint density at radius 2 is 2.21 bits per heavy atom. The van der Waals surface area contributed by atoms with Crippen LogP contribution in [0.2, 0.25) is 0 Å². The van der Waals surface area contributed by atoms with E-state index in [0.29, 0.717) is 5.69 Å². The lowest BCUT2D eigenvalue weighted by atomic mass is 10.2. The van der Waals surface area contributed by atoms with E-state index in [4.69, 9.17) is 5.11 Å². The minimum absolute atomic E-state index is 0.181. The Morgan fingerprint density at radius 1 is 1.53 bits per heavy atom. The van der Waals surface area contributed by atoms with Gasteiger partial charge in [0.15, 0.2) is 5.82 Å². The number of nitrogens with zero attached hydrogens (tertiary/aromatic N) is 4. The molecule has 2 aromatic heterocycles. The molecule has 8 nitrogen and oxygen atoms in total. The molecule has 0 saturated carbocycles. The second kappa shape index (κ2) is 4.44. The highest BCUT2D eigenvalue weighted by atomic mass is 19.1. The van der Waals surface area contributed by atoms with Gasteiger partial charge in [-0.2, -0.15) is 0 Å². The zero-order valence-corrected chi connectivity index (χ0v) is 9.57. The van der Waals surface area contributed by atoms with E-state index in [9.17, 15) is 19.3 Å². The molecule has 2 rings (SSSR count). The molecule has 0 bridgehead atoms. The summed E-state index contributed by atoms with van der Waals surface area (Å²) in [5.74, 6) is -2.85. The maximum absolute atomic E-state index is 13.0. The topological polar surface area (TPSA) is 111 Å². The van der Waals surface area contributed by atoms with Crippen LogP contribution in [0.1, 0.15) is 16.1 Å². The van der Waals surface area contributed by atoms with Crippen molar-refractivity contribution in [1.82, 2.24) is 14.8 Å².